The molecule has 0 bridgehead atoms. The minimum absolute atomic E-state index is 0.368. The molecule has 0 saturated heterocycles. The maximum Gasteiger partial charge on any atom is 0.134 e. The van der Waals surface area contributed by atoms with Crippen molar-refractivity contribution in [3.05, 3.63) is 11.9 Å². The minimum Gasteiger partial charge on any atom is -0.370 e. The molecule has 0 saturated carbocycles. The SMILES string of the molecule is CCCNc1cc(SCCC(C)C)nc(C(C)C)n1. The summed E-state index contributed by atoms with van der Waals surface area (Å²) in [6, 6.07) is 2.08. The fourth-order valence-electron chi connectivity index (χ4n) is 1.52. The van der Waals surface area contributed by atoms with Gasteiger partial charge in [-0.25, -0.2) is 9.97 Å². The molecular formula is C15H27N3S. The van der Waals surface area contributed by atoms with Crippen LogP contribution in [-0.2, 0) is 0 Å². The lowest BCUT2D eigenvalue weighted by Crippen LogP contribution is -2.07. The predicted molar refractivity (Wildman–Crippen MR) is 85.1 cm³/mol. The highest BCUT2D eigenvalue weighted by Crippen LogP contribution is 2.23. The molecule has 0 radical (unpaired) electrons. The van der Waals surface area contributed by atoms with Crippen LogP contribution >= 0.6 is 11.8 Å². The Labute approximate surface area is 122 Å². The lowest BCUT2D eigenvalue weighted by molar-refractivity contribution is 0.631. The van der Waals surface area contributed by atoms with E-state index in [9.17, 15) is 0 Å². The summed E-state index contributed by atoms with van der Waals surface area (Å²) < 4.78 is 0. The zero-order chi connectivity index (χ0) is 14.3. The van der Waals surface area contributed by atoms with E-state index in [4.69, 9.17) is 0 Å². The Balaban J connectivity index is 2.74. The molecule has 1 rings (SSSR count). The van der Waals surface area contributed by atoms with Gasteiger partial charge in [0.2, 0.25) is 0 Å². The first-order valence-corrected chi connectivity index (χ1v) is 8.27. The molecule has 19 heavy (non-hydrogen) atoms. The van der Waals surface area contributed by atoms with Crippen LogP contribution in [0.25, 0.3) is 0 Å². The molecule has 108 valence electrons. The lowest BCUT2D eigenvalue weighted by atomic mass is 10.2. The van der Waals surface area contributed by atoms with E-state index in [-0.39, 0.29) is 0 Å². The zero-order valence-corrected chi connectivity index (χ0v) is 13.7. The summed E-state index contributed by atoms with van der Waals surface area (Å²) in [5.74, 6) is 4.14. The van der Waals surface area contributed by atoms with E-state index in [2.05, 4.69) is 56.0 Å². The predicted octanol–water partition coefficient (Wildman–Crippen LogP) is 4.56. The van der Waals surface area contributed by atoms with Crippen molar-refractivity contribution < 1.29 is 0 Å². The van der Waals surface area contributed by atoms with Gasteiger partial charge in [-0.15, -0.1) is 11.8 Å². The Morgan fingerprint density at radius 1 is 1.21 bits per heavy atom. The highest BCUT2D eigenvalue weighted by molar-refractivity contribution is 7.99. The second-order valence-electron chi connectivity index (χ2n) is 5.56. The van der Waals surface area contributed by atoms with Crippen molar-refractivity contribution in [2.24, 2.45) is 5.92 Å². The average molecular weight is 281 g/mol. The smallest absolute Gasteiger partial charge is 0.134 e. The van der Waals surface area contributed by atoms with Crippen LogP contribution in [-0.4, -0.2) is 22.3 Å². The van der Waals surface area contributed by atoms with Crippen LogP contribution in [0.4, 0.5) is 5.82 Å². The van der Waals surface area contributed by atoms with Crippen molar-refractivity contribution in [1.29, 1.82) is 0 Å². The van der Waals surface area contributed by atoms with Crippen LogP contribution in [0, 0.1) is 5.92 Å². The van der Waals surface area contributed by atoms with Crippen molar-refractivity contribution >= 4 is 17.6 Å². The van der Waals surface area contributed by atoms with Crippen molar-refractivity contribution in [2.75, 3.05) is 17.6 Å². The number of hydrogen-bond acceptors (Lipinski definition) is 4. The fourth-order valence-corrected chi connectivity index (χ4v) is 2.67. The number of hydrogen-bond donors (Lipinski definition) is 1. The van der Waals surface area contributed by atoms with Gasteiger partial charge in [-0.05, 0) is 24.5 Å². The number of thioether (sulfide) groups is 1. The minimum atomic E-state index is 0.368. The Kier molecular flexibility index (Phi) is 7.21. The summed E-state index contributed by atoms with van der Waals surface area (Å²) in [5, 5.41) is 4.46. The van der Waals surface area contributed by atoms with E-state index >= 15 is 0 Å². The monoisotopic (exact) mass is 281 g/mol. The van der Waals surface area contributed by atoms with Gasteiger partial charge in [0.05, 0.1) is 0 Å². The second kappa shape index (κ2) is 8.41. The summed E-state index contributed by atoms with van der Waals surface area (Å²) in [6.07, 6.45) is 2.33. The van der Waals surface area contributed by atoms with Crippen molar-refractivity contribution in [3.8, 4) is 0 Å². The molecule has 0 aliphatic carbocycles. The molecule has 0 aliphatic rings. The second-order valence-corrected chi connectivity index (χ2v) is 6.68. The van der Waals surface area contributed by atoms with E-state index in [0.29, 0.717) is 5.92 Å². The molecule has 0 aliphatic heterocycles. The maximum absolute atomic E-state index is 4.65. The molecule has 0 atom stereocenters. The lowest BCUT2D eigenvalue weighted by Gasteiger charge is -2.11. The van der Waals surface area contributed by atoms with Gasteiger partial charge in [-0.1, -0.05) is 34.6 Å². The van der Waals surface area contributed by atoms with Crippen LogP contribution in [0.15, 0.2) is 11.1 Å². The average Bonchev–Trinajstić information content (AvgIpc) is 2.35. The van der Waals surface area contributed by atoms with Gasteiger partial charge in [0, 0.05) is 18.5 Å². The third-order valence-corrected chi connectivity index (χ3v) is 3.68. The quantitative estimate of drug-likeness (QED) is 0.560. The normalized spacial score (nSPS) is 11.3. The molecule has 0 spiro atoms. The topological polar surface area (TPSA) is 37.8 Å². The number of nitrogens with one attached hydrogen (secondary N) is 1. The van der Waals surface area contributed by atoms with Crippen molar-refractivity contribution in [2.45, 2.75) is 58.4 Å². The van der Waals surface area contributed by atoms with Crippen LogP contribution in [0.1, 0.15) is 59.2 Å². The highest BCUT2D eigenvalue weighted by atomic mass is 32.2. The summed E-state index contributed by atoms with van der Waals surface area (Å²) >= 11 is 1.84. The molecule has 1 heterocycles. The first-order valence-electron chi connectivity index (χ1n) is 7.28. The van der Waals surface area contributed by atoms with E-state index in [1.165, 1.54) is 6.42 Å². The van der Waals surface area contributed by atoms with Gasteiger partial charge in [0.1, 0.15) is 16.7 Å². The summed E-state index contributed by atoms with van der Waals surface area (Å²) in [6.45, 7) is 11.9. The van der Waals surface area contributed by atoms with Gasteiger partial charge >= 0.3 is 0 Å². The highest BCUT2D eigenvalue weighted by Gasteiger charge is 2.08. The molecule has 0 amide bonds. The molecule has 1 aromatic rings. The third kappa shape index (κ3) is 6.28. The van der Waals surface area contributed by atoms with Gasteiger partial charge in [0.25, 0.3) is 0 Å². The van der Waals surface area contributed by atoms with Crippen molar-refractivity contribution in [1.82, 2.24) is 9.97 Å². The van der Waals surface area contributed by atoms with E-state index in [0.717, 1.165) is 41.3 Å². The van der Waals surface area contributed by atoms with E-state index in [1.54, 1.807) is 0 Å². The Hall–Kier alpha value is -0.770. The van der Waals surface area contributed by atoms with Gasteiger partial charge in [-0.3, -0.25) is 0 Å². The molecule has 1 N–H and O–H groups in total. The number of aromatic nitrogens is 2. The molecule has 4 heteroatoms. The summed E-state index contributed by atoms with van der Waals surface area (Å²) in [7, 11) is 0. The van der Waals surface area contributed by atoms with Crippen molar-refractivity contribution in [3.63, 3.8) is 0 Å². The number of anilines is 1. The number of rotatable bonds is 8. The third-order valence-electron chi connectivity index (χ3n) is 2.74. The Morgan fingerprint density at radius 2 is 1.95 bits per heavy atom. The summed E-state index contributed by atoms with van der Waals surface area (Å²) in [5.41, 5.74) is 0. The number of nitrogens with zero attached hydrogens (tertiary/aromatic N) is 2. The van der Waals surface area contributed by atoms with Crippen LogP contribution < -0.4 is 5.32 Å². The van der Waals surface area contributed by atoms with Gasteiger partial charge < -0.3 is 5.32 Å². The maximum atomic E-state index is 4.65. The molecule has 0 aromatic carbocycles. The van der Waals surface area contributed by atoms with Crippen LogP contribution in [0.3, 0.4) is 0 Å². The summed E-state index contributed by atoms with van der Waals surface area (Å²) in [4.78, 5) is 9.23. The van der Waals surface area contributed by atoms with Crippen LogP contribution in [0.5, 0.6) is 0 Å². The molecule has 0 unspecified atom stereocenters. The van der Waals surface area contributed by atoms with E-state index in [1.807, 2.05) is 11.8 Å². The zero-order valence-electron chi connectivity index (χ0n) is 12.9. The van der Waals surface area contributed by atoms with Crippen LogP contribution in [0.2, 0.25) is 0 Å². The first-order chi connectivity index (χ1) is 9.02. The molecule has 1 aromatic heterocycles. The molecule has 0 fully saturated rings. The molecule has 3 nitrogen and oxygen atoms in total. The molecular weight excluding hydrogens is 254 g/mol. The largest absolute Gasteiger partial charge is 0.370 e. The Morgan fingerprint density at radius 3 is 2.53 bits per heavy atom. The Bertz CT molecular complexity index is 378. The van der Waals surface area contributed by atoms with Gasteiger partial charge in [-0.2, -0.15) is 0 Å². The van der Waals surface area contributed by atoms with E-state index < -0.39 is 0 Å². The standard InChI is InChI=1S/C15H27N3S/c1-6-8-16-13-10-14(19-9-7-11(2)3)18-15(17-13)12(4)5/h10-12H,6-9H2,1-5H3,(H,16,17,18). The fraction of sp³-hybridized carbons (Fsp3) is 0.733. The first kappa shape index (κ1) is 16.3. The van der Waals surface area contributed by atoms with Gasteiger partial charge in [0.15, 0.2) is 0 Å².